The number of ether oxygens (including phenoxy) is 1. The van der Waals surface area contributed by atoms with Gasteiger partial charge in [-0.05, 0) is 17.5 Å². The predicted molar refractivity (Wildman–Crippen MR) is 93.5 cm³/mol. The van der Waals surface area contributed by atoms with Crippen LogP contribution in [0.15, 0.2) is 63.3 Å². The summed E-state index contributed by atoms with van der Waals surface area (Å²) in [5, 5.41) is 2.56. The highest BCUT2D eigenvalue weighted by molar-refractivity contribution is 7.13. The lowest BCUT2D eigenvalue weighted by Gasteiger charge is -2.06. The van der Waals surface area contributed by atoms with E-state index >= 15 is 0 Å². The molecule has 0 spiro atoms. The van der Waals surface area contributed by atoms with Gasteiger partial charge in [0.25, 0.3) is 0 Å². The van der Waals surface area contributed by atoms with Gasteiger partial charge in [-0.25, -0.2) is 9.78 Å². The quantitative estimate of drug-likeness (QED) is 0.567. The van der Waals surface area contributed by atoms with E-state index in [4.69, 9.17) is 9.15 Å². The van der Waals surface area contributed by atoms with E-state index in [1.807, 2.05) is 17.5 Å². The zero-order chi connectivity index (χ0) is 17.2. The van der Waals surface area contributed by atoms with Crippen molar-refractivity contribution in [2.24, 2.45) is 0 Å². The van der Waals surface area contributed by atoms with Crippen molar-refractivity contribution in [2.75, 3.05) is 0 Å². The Morgan fingerprint density at radius 3 is 2.96 bits per heavy atom. The number of rotatable bonds is 4. The number of esters is 1. The molecule has 0 unspecified atom stereocenters. The molecule has 4 aromatic rings. The number of hydrogen-bond donors (Lipinski definition) is 1. The molecule has 25 heavy (non-hydrogen) atoms. The fourth-order valence-corrected chi connectivity index (χ4v) is 3.13. The van der Waals surface area contributed by atoms with Crippen molar-refractivity contribution in [1.82, 2.24) is 9.97 Å². The molecule has 0 atom stereocenters. The van der Waals surface area contributed by atoms with E-state index in [1.165, 1.54) is 23.7 Å². The average molecular weight is 352 g/mol. The first-order valence-corrected chi connectivity index (χ1v) is 8.36. The maximum Gasteiger partial charge on any atom is 0.339 e. The van der Waals surface area contributed by atoms with Crippen LogP contribution in [0.1, 0.15) is 16.1 Å². The molecule has 3 heterocycles. The van der Waals surface area contributed by atoms with E-state index < -0.39 is 5.97 Å². The van der Waals surface area contributed by atoms with Gasteiger partial charge in [0.15, 0.2) is 0 Å². The number of carbonyl (C=O) groups excluding carboxylic acids is 1. The normalized spacial score (nSPS) is 10.9. The highest BCUT2D eigenvalue weighted by Crippen LogP contribution is 2.24. The number of nitrogens with zero attached hydrogens (tertiary/aromatic N) is 1. The van der Waals surface area contributed by atoms with Gasteiger partial charge in [0.1, 0.15) is 18.6 Å². The Kier molecular flexibility index (Phi) is 3.91. The molecule has 0 aliphatic rings. The number of oxazole rings is 1. The fraction of sp³-hybridized carbons (Fsp3) is 0.0556. The molecule has 6 nitrogen and oxygen atoms in total. The van der Waals surface area contributed by atoms with Crippen LogP contribution in [0.4, 0.5) is 0 Å². The second-order valence-corrected chi connectivity index (χ2v) is 6.24. The van der Waals surface area contributed by atoms with Crippen molar-refractivity contribution in [2.45, 2.75) is 6.61 Å². The van der Waals surface area contributed by atoms with E-state index in [2.05, 4.69) is 9.97 Å². The molecule has 0 aliphatic carbocycles. The van der Waals surface area contributed by atoms with Gasteiger partial charge in [0.05, 0.1) is 10.4 Å². The maximum atomic E-state index is 12.4. The number of hydrogen-bond acceptors (Lipinski definition) is 6. The van der Waals surface area contributed by atoms with E-state index in [-0.39, 0.29) is 17.7 Å². The first-order chi connectivity index (χ1) is 12.2. The van der Waals surface area contributed by atoms with Crippen LogP contribution in [0.3, 0.4) is 0 Å². The van der Waals surface area contributed by atoms with E-state index in [1.54, 1.807) is 24.3 Å². The average Bonchev–Trinajstić information content (AvgIpc) is 3.30. The van der Waals surface area contributed by atoms with E-state index in [0.717, 1.165) is 4.88 Å². The number of thiophene rings is 1. The molecule has 0 bridgehead atoms. The molecular weight excluding hydrogens is 340 g/mol. The van der Waals surface area contributed by atoms with Gasteiger partial charge in [0, 0.05) is 17.0 Å². The zero-order valence-electron chi connectivity index (χ0n) is 12.9. The Morgan fingerprint density at radius 2 is 2.12 bits per heavy atom. The number of carbonyl (C=O) groups is 1. The number of fused-ring (bicyclic) bond motifs is 1. The Morgan fingerprint density at radius 1 is 1.24 bits per heavy atom. The minimum Gasteiger partial charge on any atom is -0.455 e. The number of aromatic nitrogens is 2. The fourth-order valence-electron chi connectivity index (χ4n) is 2.48. The summed E-state index contributed by atoms with van der Waals surface area (Å²) in [5.74, 6) is -0.0920. The molecule has 0 amide bonds. The summed E-state index contributed by atoms with van der Waals surface area (Å²) in [5.41, 5.74) is 0.961. The second-order valence-electron chi connectivity index (χ2n) is 5.29. The highest BCUT2D eigenvalue weighted by Gasteiger charge is 2.15. The second kappa shape index (κ2) is 6.37. The minimum absolute atomic E-state index is 0.0329. The number of H-pyrrole nitrogens is 1. The molecule has 3 aromatic heterocycles. The maximum absolute atomic E-state index is 12.4. The van der Waals surface area contributed by atoms with Crippen LogP contribution in [0.5, 0.6) is 0 Å². The number of para-hydroxylation sites is 1. The van der Waals surface area contributed by atoms with Crippen LogP contribution < -0.4 is 5.56 Å². The predicted octanol–water partition coefficient (Wildman–Crippen LogP) is 3.60. The molecule has 4 rings (SSSR count). The number of nitrogens with one attached hydrogen (secondary N) is 1. The van der Waals surface area contributed by atoms with Crippen LogP contribution >= 0.6 is 11.3 Å². The highest BCUT2D eigenvalue weighted by atomic mass is 32.1. The third-order valence-corrected chi connectivity index (χ3v) is 4.46. The van der Waals surface area contributed by atoms with Crippen LogP contribution in [0, 0.1) is 0 Å². The molecule has 1 aromatic carbocycles. The number of aromatic amines is 1. The summed E-state index contributed by atoms with van der Waals surface area (Å²) in [4.78, 5) is 32.0. The standard InChI is InChI=1S/C18H12N2O4S/c21-16-8-13(12-4-1-2-5-14(12)20-16)18(22)24-10-11-9-23-17(19-11)15-6-3-7-25-15/h1-9H,10H2,(H,20,21). The third kappa shape index (κ3) is 3.09. The largest absolute Gasteiger partial charge is 0.455 e. The SMILES string of the molecule is O=C(OCc1coc(-c2cccs2)n1)c1cc(=O)[nH]c2ccccc12. The van der Waals surface area contributed by atoms with Crippen molar-refractivity contribution in [3.8, 4) is 10.8 Å². The van der Waals surface area contributed by atoms with E-state index in [0.29, 0.717) is 22.5 Å². The molecular formula is C18H12N2O4S. The first-order valence-electron chi connectivity index (χ1n) is 7.48. The lowest BCUT2D eigenvalue weighted by Crippen LogP contribution is -2.13. The van der Waals surface area contributed by atoms with Crippen molar-refractivity contribution < 1.29 is 13.9 Å². The smallest absolute Gasteiger partial charge is 0.339 e. The topological polar surface area (TPSA) is 85.2 Å². The van der Waals surface area contributed by atoms with Gasteiger partial charge in [-0.2, -0.15) is 0 Å². The third-order valence-electron chi connectivity index (χ3n) is 3.61. The molecule has 7 heteroatoms. The summed E-state index contributed by atoms with van der Waals surface area (Å²) < 4.78 is 10.7. The number of benzene rings is 1. The van der Waals surface area contributed by atoms with Crippen LogP contribution in [0.25, 0.3) is 21.7 Å². The Labute approximate surface area is 145 Å². The van der Waals surface area contributed by atoms with Gasteiger partial charge in [-0.15, -0.1) is 11.3 Å². The molecule has 0 saturated carbocycles. The summed E-state index contributed by atoms with van der Waals surface area (Å²) >= 11 is 1.51. The Hall–Kier alpha value is -3.19. The Balaban J connectivity index is 1.54. The summed E-state index contributed by atoms with van der Waals surface area (Å²) in [6.45, 7) is -0.0329. The van der Waals surface area contributed by atoms with E-state index in [9.17, 15) is 9.59 Å². The molecule has 1 N–H and O–H groups in total. The first kappa shape index (κ1) is 15.3. The van der Waals surface area contributed by atoms with Crippen LogP contribution in [-0.2, 0) is 11.3 Å². The van der Waals surface area contributed by atoms with Gasteiger partial charge in [0.2, 0.25) is 11.4 Å². The Bertz CT molecular complexity index is 1100. The van der Waals surface area contributed by atoms with Gasteiger partial charge < -0.3 is 14.1 Å². The van der Waals surface area contributed by atoms with Crippen molar-refractivity contribution in [3.63, 3.8) is 0 Å². The minimum atomic E-state index is -0.581. The van der Waals surface area contributed by atoms with Crippen LogP contribution in [-0.4, -0.2) is 15.9 Å². The lowest BCUT2D eigenvalue weighted by atomic mass is 10.1. The summed E-state index contributed by atoms with van der Waals surface area (Å²) in [6, 6.07) is 12.1. The molecule has 0 aliphatic heterocycles. The lowest BCUT2D eigenvalue weighted by molar-refractivity contribution is 0.0470. The zero-order valence-corrected chi connectivity index (χ0v) is 13.7. The molecule has 124 valence electrons. The molecule has 0 fully saturated rings. The molecule has 0 saturated heterocycles. The summed E-state index contributed by atoms with van der Waals surface area (Å²) in [6.07, 6.45) is 1.46. The van der Waals surface area contributed by atoms with Crippen molar-refractivity contribution >= 4 is 28.2 Å². The number of pyridine rings is 1. The molecule has 0 radical (unpaired) electrons. The van der Waals surface area contributed by atoms with Crippen molar-refractivity contribution in [1.29, 1.82) is 0 Å². The van der Waals surface area contributed by atoms with Crippen LogP contribution in [0.2, 0.25) is 0 Å². The van der Waals surface area contributed by atoms with Gasteiger partial charge in [-0.3, -0.25) is 4.79 Å². The van der Waals surface area contributed by atoms with Gasteiger partial charge in [-0.1, -0.05) is 24.3 Å². The monoisotopic (exact) mass is 352 g/mol. The summed E-state index contributed by atoms with van der Waals surface area (Å²) in [7, 11) is 0. The van der Waals surface area contributed by atoms with Gasteiger partial charge >= 0.3 is 5.97 Å². The van der Waals surface area contributed by atoms with Crippen molar-refractivity contribution in [3.05, 3.63) is 75.7 Å².